The van der Waals surface area contributed by atoms with Crippen LogP contribution >= 0.6 is 0 Å². The summed E-state index contributed by atoms with van der Waals surface area (Å²) in [5.41, 5.74) is -0.777. The fourth-order valence-electron chi connectivity index (χ4n) is 5.94. The Morgan fingerprint density at radius 3 is 2.58 bits per heavy atom. The number of nitrogens with one attached hydrogen (secondary N) is 3. The third-order valence-corrected chi connectivity index (χ3v) is 8.46. The van der Waals surface area contributed by atoms with Crippen LogP contribution in [0.15, 0.2) is 64.1 Å². The van der Waals surface area contributed by atoms with Crippen LogP contribution in [0.5, 0.6) is 0 Å². The molecule has 3 amide bonds. The van der Waals surface area contributed by atoms with Crippen LogP contribution in [0, 0.1) is 24.5 Å². The lowest BCUT2D eigenvalue weighted by Gasteiger charge is -2.24. The van der Waals surface area contributed by atoms with Crippen molar-refractivity contribution in [3.63, 3.8) is 0 Å². The quantitative estimate of drug-likeness (QED) is 0.194. The highest BCUT2D eigenvalue weighted by atomic mass is 19.2. The second kappa shape index (κ2) is 15.6. The molecule has 1 aliphatic heterocycles. The number of aryl methyl sites for hydroxylation is 1. The maximum absolute atomic E-state index is 14.2. The first-order chi connectivity index (χ1) is 23.1. The van der Waals surface area contributed by atoms with Crippen LogP contribution < -0.4 is 21.5 Å². The largest absolute Gasteiger partial charge is 0.459 e. The van der Waals surface area contributed by atoms with Gasteiger partial charge in [-0.2, -0.15) is 0 Å². The molecule has 0 bridgehead atoms. The van der Waals surface area contributed by atoms with Crippen molar-refractivity contribution < 1.29 is 37.2 Å². The minimum atomic E-state index is -1.32. The second-order valence-electron chi connectivity index (χ2n) is 12.1. The lowest BCUT2D eigenvalue weighted by molar-refractivity contribution is -0.144. The average Bonchev–Trinajstić information content (AvgIpc) is 3.69. The van der Waals surface area contributed by atoms with Crippen molar-refractivity contribution in [2.24, 2.45) is 5.92 Å². The Balaban J connectivity index is 1.42. The van der Waals surface area contributed by atoms with E-state index in [1.807, 2.05) is 0 Å². The minimum Gasteiger partial charge on any atom is -0.459 e. The van der Waals surface area contributed by atoms with Crippen LogP contribution in [0.1, 0.15) is 72.8 Å². The van der Waals surface area contributed by atoms with E-state index in [1.54, 1.807) is 6.92 Å². The Bertz CT molecular complexity index is 1750. The highest BCUT2D eigenvalue weighted by Gasteiger charge is 2.30. The van der Waals surface area contributed by atoms with Gasteiger partial charge >= 0.3 is 5.97 Å². The molecule has 0 unspecified atom stereocenters. The van der Waals surface area contributed by atoms with E-state index in [9.17, 15) is 32.8 Å². The molecule has 2 fully saturated rings. The van der Waals surface area contributed by atoms with Gasteiger partial charge in [-0.3, -0.25) is 19.2 Å². The Kier molecular flexibility index (Phi) is 11.1. The fraction of sp³-hybridized carbons (Fsp3) is 0.412. The maximum Gasteiger partial charge on any atom is 0.330 e. The standard InChI is InChI=1S/C34H37F2N5O7/c1-20-16-28(40-48-20)32(44)39-27-8-5-15-41(34(27)46)29(18-21-9-11-25(35)26(36)17-21)33(45)38-23(19-22-13-14-37-31(22)43)10-12-30(42)47-24-6-3-2-4-7-24/h5,8-12,15-17,22-24,29H,2-4,6-7,13-14,18-19H2,1H3,(H,37,43)(H,38,45)(H,39,44)/t22-,23+,29-/m0/s1. The summed E-state index contributed by atoms with van der Waals surface area (Å²) in [5, 5.41) is 11.7. The molecule has 48 heavy (non-hydrogen) atoms. The molecule has 254 valence electrons. The Labute approximate surface area is 274 Å². The van der Waals surface area contributed by atoms with Crippen molar-refractivity contribution in [3.8, 4) is 0 Å². The molecule has 12 nitrogen and oxygen atoms in total. The third-order valence-electron chi connectivity index (χ3n) is 8.46. The van der Waals surface area contributed by atoms with Gasteiger partial charge in [-0.05, 0) is 75.3 Å². The molecule has 1 aliphatic carbocycles. The van der Waals surface area contributed by atoms with Crippen LogP contribution in [0.25, 0.3) is 0 Å². The first-order valence-electron chi connectivity index (χ1n) is 15.9. The van der Waals surface area contributed by atoms with E-state index < -0.39 is 53.0 Å². The van der Waals surface area contributed by atoms with E-state index >= 15 is 0 Å². The molecule has 5 rings (SSSR count). The predicted octanol–water partition coefficient (Wildman–Crippen LogP) is 3.90. The van der Waals surface area contributed by atoms with E-state index in [-0.39, 0.29) is 41.8 Å². The van der Waals surface area contributed by atoms with E-state index in [0.29, 0.717) is 18.7 Å². The first kappa shape index (κ1) is 34.2. The van der Waals surface area contributed by atoms with Gasteiger partial charge in [0.25, 0.3) is 11.5 Å². The number of carbonyl (C=O) groups excluding carboxylic acids is 4. The number of ether oxygens (including phenoxy) is 1. The summed E-state index contributed by atoms with van der Waals surface area (Å²) in [6, 6.07) is 5.17. The number of hydrogen-bond acceptors (Lipinski definition) is 8. The van der Waals surface area contributed by atoms with Gasteiger partial charge in [-0.1, -0.05) is 23.7 Å². The molecule has 2 aromatic heterocycles. The van der Waals surface area contributed by atoms with Gasteiger partial charge in [-0.25, -0.2) is 13.6 Å². The van der Waals surface area contributed by atoms with E-state index in [1.165, 1.54) is 42.6 Å². The molecular weight excluding hydrogens is 628 g/mol. The number of hydrogen-bond donors (Lipinski definition) is 3. The molecule has 1 saturated heterocycles. The molecule has 0 radical (unpaired) electrons. The van der Waals surface area contributed by atoms with Gasteiger partial charge in [0.1, 0.15) is 23.6 Å². The molecule has 1 aromatic carbocycles. The summed E-state index contributed by atoms with van der Waals surface area (Å²) in [6.45, 7) is 2.07. The molecule has 14 heteroatoms. The fourth-order valence-corrected chi connectivity index (χ4v) is 5.94. The first-order valence-corrected chi connectivity index (χ1v) is 15.9. The number of anilines is 1. The smallest absolute Gasteiger partial charge is 0.330 e. The number of carbonyl (C=O) groups is 4. The molecule has 0 spiro atoms. The van der Waals surface area contributed by atoms with E-state index in [2.05, 4.69) is 21.1 Å². The van der Waals surface area contributed by atoms with Crippen LogP contribution in [-0.2, 0) is 25.5 Å². The summed E-state index contributed by atoms with van der Waals surface area (Å²) in [7, 11) is 0. The molecule has 1 saturated carbocycles. The van der Waals surface area contributed by atoms with Crippen molar-refractivity contribution in [1.82, 2.24) is 20.4 Å². The van der Waals surface area contributed by atoms with Gasteiger partial charge in [0.05, 0.1) is 0 Å². The van der Waals surface area contributed by atoms with Crippen molar-refractivity contribution in [1.29, 1.82) is 0 Å². The van der Waals surface area contributed by atoms with Crippen LogP contribution in [0.4, 0.5) is 14.5 Å². The van der Waals surface area contributed by atoms with Gasteiger partial charge in [0.15, 0.2) is 17.3 Å². The Morgan fingerprint density at radius 2 is 1.90 bits per heavy atom. The lowest BCUT2D eigenvalue weighted by atomic mass is 9.97. The summed E-state index contributed by atoms with van der Waals surface area (Å²) in [4.78, 5) is 65.5. The number of halogens is 2. The second-order valence-corrected chi connectivity index (χ2v) is 12.1. The summed E-state index contributed by atoms with van der Waals surface area (Å²) in [5.74, 6) is -4.45. The van der Waals surface area contributed by atoms with Crippen molar-refractivity contribution >= 4 is 29.4 Å². The number of aromatic nitrogens is 2. The molecule has 3 atom stereocenters. The summed E-state index contributed by atoms with van der Waals surface area (Å²) < 4.78 is 39.5. The zero-order valence-electron chi connectivity index (χ0n) is 26.4. The molecule has 3 aromatic rings. The minimum absolute atomic E-state index is 0.0639. The number of nitrogens with zero attached hydrogens (tertiary/aromatic N) is 2. The maximum atomic E-state index is 14.2. The highest BCUT2D eigenvalue weighted by Crippen LogP contribution is 2.22. The van der Waals surface area contributed by atoms with Crippen LogP contribution in [-0.4, -0.2) is 52.1 Å². The third kappa shape index (κ3) is 8.81. The average molecular weight is 666 g/mol. The van der Waals surface area contributed by atoms with E-state index in [0.717, 1.165) is 48.8 Å². The zero-order chi connectivity index (χ0) is 34.2. The van der Waals surface area contributed by atoms with Gasteiger partial charge < -0.3 is 29.8 Å². The topological polar surface area (TPSA) is 162 Å². The van der Waals surface area contributed by atoms with Crippen molar-refractivity contribution in [2.75, 3.05) is 11.9 Å². The Morgan fingerprint density at radius 1 is 1.10 bits per heavy atom. The number of amides is 3. The van der Waals surface area contributed by atoms with E-state index in [4.69, 9.17) is 9.26 Å². The van der Waals surface area contributed by atoms with Crippen LogP contribution in [0.3, 0.4) is 0 Å². The summed E-state index contributed by atoms with van der Waals surface area (Å²) in [6.07, 6.45) is 8.87. The van der Waals surface area contributed by atoms with Crippen molar-refractivity contribution in [3.05, 3.63) is 93.8 Å². The van der Waals surface area contributed by atoms with Gasteiger partial charge in [-0.15, -0.1) is 0 Å². The monoisotopic (exact) mass is 665 g/mol. The molecular formula is C34H37F2N5O7. The van der Waals surface area contributed by atoms with Gasteiger partial charge in [0.2, 0.25) is 11.8 Å². The number of esters is 1. The highest BCUT2D eigenvalue weighted by molar-refractivity contribution is 6.02. The molecule has 3 heterocycles. The summed E-state index contributed by atoms with van der Waals surface area (Å²) >= 11 is 0. The molecule has 2 aliphatic rings. The zero-order valence-corrected chi connectivity index (χ0v) is 26.4. The van der Waals surface area contributed by atoms with Crippen LogP contribution in [0.2, 0.25) is 0 Å². The van der Waals surface area contributed by atoms with Gasteiger partial charge in [0, 0.05) is 43.3 Å². The SMILES string of the molecule is Cc1cc(C(=O)Nc2cccn([C@@H](Cc3ccc(F)c(F)c3)C(=O)N[C@H](C=CC(=O)OC3CCCCC3)C[C@@H]3CCNC3=O)c2=O)no1. The number of benzene rings is 1. The Hall–Kier alpha value is -5.14. The van der Waals surface area contributed by atoms with Crippen molar-refractivity contribution in [2.45, 2.75) is 76.5 Å². The normalized spacial score (nSPS) is 17.9. The molecule has 3 N–H and O–H groups in total. The lowest BCUT2D eigenvalue weighted by Crippen LogP contribution is -2.43. The number of pyridine rings is 1. The predicted molar refractivity (Wildman–Crippen MR) is 169 cm³/mol. The number of rotatable bonds is 12.